The molecule has 1 atom stereocenters. The third-order valence-corrected chi connectivity index (χ3v) is 7.07. The lowest BCUT2D eigenvalue weighted by molar-refractivity contribution is -0.0498. The normalized spacial score (nSPS) is 19.0. The fraction of sp³-hybridized carbons (Fsp3) is 0.370. The minimum Gasteiger partial charge on any atom is -0.435 e. The van der Waals surface area contributed by atoms with Crippen LogP contribution in [0.2, 0.25) is 0 Å². The maximum Gasteiger partial charge on any atom is 0.387 e. The molecule has 2 aromatic heterocycles. The van der Waals surface area contributed by atoms with Crippen LogP contribution in [0.25, 0.3) is 11.2 Å². The number of pyridine rings is 1. The first-order valence-corrected chi connectivity index (χ1v) is 12.4. The molecule has 5 rings (SSSR count). The number of halogens is 2. The molecule has 0 amide bonds. The molecule has 0 aliphatic heterocycles. The Morgan fingerprint density at radius 3 is 2.61 bits per heavy atom. The average molecular weight is 493 g/mol. The monoisotopic (exact) mass is 492 g/mol. The molecule has 4 aromatic rings. The summed E-state index contributed by atoms with van der Waals surface area (Å²) in [4.78, 5) is 4.27. The van der Waals surface area contributed by atoms with Crippen LogP contribution in [0.3, 0.4) is 0 Å². The summed E-state index contributed by atoms with van der Waals surface area (Å²) < 4.78 is 30.4. The number of aromatic amines is 1. The Morgan fingerprint density at radius 1 is 1.03 bits per heavy atom. The SMILES string of the molecule is Nc1cc(C(CCN[C@H]2CC[C@H](c3ccccc3)CC2)c2cccc(OC(F)F)c2)c2nn[nH]c2n1. The van der Waals surface area contributed by atoms with Crippen molar-refractivity contribution < 1.29 is 13.5 Å². The first kappa shape index (κ1) is 24.1. The molecule has 1 aliphatic carbocycles. The lowest BCUT2D eigenvalue weighted by atomic mass is 9.81. The van der Waals surface area contributed by atoms with Gasteiger partial charge in [-0.3, -0.25) is 0 Å². The highest BCUT2D eigenvalue weighted by Gasteiger charge is 2.24. The summed E-state index contributed by atoms with van der Waals surface area (Å²) in [5.74, 6) is 0.936. The summed E-state index contributed by atoms with van der Waals surface area (Å²) in [7, 11) is 0. The quantitative estimate of drug-likeness (QED) is 0.290. The Kier molecular flexibility index (Phi) is 7.36. The van der Waals surface area contributed by atoms with Gasteiger partial charge in [0, 0.05) is 12.0 Å². The smallest absolute Gasteiger partial charge is 0.387 e. The van der Waals surface area contributed by atoms with Crippen LogP contribution in [-0.4, -0.2) is 39.6 Å². The zero-order chi connectivity index (χ0) is 24.9. The minimum absolute atomic E-state index is 0.123. The Balaban J connectivity index is 1.31. The Labute approximate surface area is 208 Å². The molecule has 0 radical (unpaired) electrons. The number of benzene rings is 2. The second-order valence-corrected chi connectivity index (χ2v) is 9.35. The van der Waals surface area contributed by atoms with Gasteiger partial charge in [-0.05, 0) is 79.5 Å². The lowest BCUT2D eigenvalue weighted by Crippen LogP contribution is -2.34. The van der Waals surface area contributed by atoms with Gasteiger partial charge in [0.2, 0.25) is 0 Å². The van der Waals surface area contributed by atoms with Crippen molar-refractivity contribution in [2.45, 2.75) is 56.6 Å². The molecule has 0 bridgehead atoms. The highest BCUT2D eigenvalue weighted by atomic mass is 19.3. The van der Waals surface area contributed by atoms with Crippen LogP contribution in [0.5, 0.6) is 5.75 Å². The largest absolute Gasteiger partial charge is 0.435 e. The van der Waals surface area contributed by atoms with Crippen molar-refractivity contribution in [1.29, 1.82) is 0 Å². The number of alkyl halides is 2. The number of aromatic nitrogens is 4. The summed E-state index contributed by atoms with van der Waals surface area (Å²) in [5, 5.41) is 14.6. The minimum atomic E-state index is -2.88. The van der Waals surface area contributed by atoms with E-state index >= 15 is 0 Å². The highest BCUT2D eigenvalue weighted by molar-refractivity contribution is 5.77. The van der Waals surface area contributed by atoms with E-state index in [9.17, 15) is 8.78 Å². The van der Waals surface area contributed by atoms with Crippen molar-refractivity contribution in [1.82, 2.24) is 25.7 Å². The van der Waals surface area contributed by atoms with Gasteiger partial charge in [-0.25, -0.2) is 10.1 Å². The molecule has 4 N–H and O–H groups in total. The van der Waals surface area contributed by atoms with Gasteiger partial charge in [0.05, 0.1) is 0 Å². The maximum atomic E-state index is 12.9. The third kappa shape index (κ3) is 5.62. The van der Waals surface area contributed by atoms with Gasteiger partial charge in [0.15, 0.2) is 5.65 Å². The van der Waals surface area contributed by atoms with Crippen molar-refractivity contribution in [3.05, 3.63) is 77.4 Å². The van der Waals surface area contributed by atoms with Crippen LogP contribution in [0.4, 0.5) is 14.6 Å². The van der Waals surface area contributed by atoms with Gasteiger partial charge >= 0.3 is 6.61 Å². The lowest BCUT2D eigenvalue weighted by Gasteiger charge is -2.30. The van der Waals surface area contributed by atoms with Crippen LogP contribution in [0.15, 0.2) is 60.7 Å². The first-order valence-electron chi connectivity index (χ1n) is 12.4. The molecule has 2 aromatic carbocycles. The van der Waals surface area contributed by atoms with Crippen molar-refractivity contribution in [2.75, 3.05) is 12.3 Å². The van der Waals surface area contributed by atoms with E-state index in [1.165, 1.54) is 24.5 Å². The van der Waals surface area contributed by atoms with Gasteiger partial charge in [0.25, 0.3) is 0 Å². The number of rotatable bonds is 9. The standard InChI is InChI=1S/C27H30F2N6O/c28-27(29)36-21-8-4-7-19(15-21)22(23-16-24(30)32-26-25(23)33-35-34-26)13-14-31-20-11-9-18(10-12-20)17-5-2-1-3-6-17/h1-8,15-16,18,20,22,27,31H,9-14H2,(H3,30,32,33,34,35)/t18-,20-,22?. The van der Waals surface area contributed by atoms with E-state index in [4.69, 9.17) is 5.73 Å². The van der Waals surface area contributed by atoms with Crippen LogP contribution >= 0.6 is 0 Å². The fourth-order valence-electron chi connectivity index (χ4n) is 5.35. The molecule has 1 aliphatic rings. The number of hydrogen-bond donors (Lipinski definition) is 3. The van der Waals surface area contributed by atoms with Gasteiger partial charge < -0.3 is 15.8 Å². The maximum absolute atomic E-state index is 12.9. The summed E-state index contributed by atoms with van der Waals surface area (Å²) in [6.07, 6.45) is 5.30. The number of nitrogens with zero attached hydrogens (tertiary/aromatic N) is 3. The first-order chi connectivity index (χ1) is 17.6. The molecule has 9 heteroatoms. The van der Waals surface area contributed by atoms with E-state index in [0.29, 0.717) is 28.9 Å². The van der Waals surface area contributed by atoms with E-state index in [2.05, 4.69) is 60.8 Å². The molecule has 1 saturated carbocycles. The number of H-pyrrole nitrogens is 1. The van der Waals surface area contributed by atoms with E-state index in [1.807, 2.05) is 6.07 Å². The fourth-order valence-corrected chi connectivity index (χ4v) is 5.35. The Morgan fingerprint density at radius 2 is 1.83 bits per heavy atom. The number of nitrogen functional groups attached to an aromatic ring is 1. The summed E-state index contributed by atoms with van der Waals surface area (Å²) in [5.41, 5.74) is 10.3. The molecule has 1 fully saturated rings. The zero-order valence-corrected chi connectivity index (χ0v) is 19.9. The van der Waals surface area contributed by atoms with Crippen LogP contribution in [-0.2, 0) is 0 Å². The molecule has 1 unspecified atom stereocenters. The molecule has 0 saturated heterocycles. The third-order valence-electron chi connectivity index (χ3n) is 7.07. The van der Waals surface area contributed by atoms with Crippen molar-refractivity contribution in [3.8, 4) is 5.75 Å². The van der Waals surface area contributed by atoms with E-state index < -0.39 is 6.61 Å². The van der Waals surface area contributed by atoms with E-state index in [-0.39, 0.29) is 11.7 Å². The summed E-state index contributed by atoms with van der Waals surface area (Å²) >= 11 is 0. The number of hydrogen-bond acceptors (Lipinski definition) is 6. The van der Waals surface area contributed by atoms with Crippen molar-refractivity contribution in [3.63, 3.8) is 0 Å². The predicted molar refractivity (Wildman–Crippen MR) is 135 cm³/mol. The van der Waals surface area contributed by atoms with Gasteiger partial charge in [-0.15, -0.1) is 5.10 Å². The number of fused-ring (bicyclic) bond motifs is 1. The zero-order valence-electron chi connectivity index (χ0n) is 19.9. The molecular weight excluding hydrogens is 462 g/mol. The number of anilines is 1. The molecular formula is C27H30F2N6O. The molecule has 188 valence electrons. The molecule has 36 heavy (non-hydrogen) atoms. The van der Waals surface area contributed by atoms with E-state index in [1.54, 1.807) is 18.2 Å². The highest BCUT2D eigenvalue weighted by Crippen LogP contribution is 2.35. The molecule has 7 nitrogen and oxygen atoms in total. The van der Waals surface area contributed by atoms with Crippen LogP contribution in [0, 0.1) is 0 Å². The Hall–Kier alpha value is -3.59. The molecule has 2 heterocycles. The van der Waals surface area contributed by atoms with Crippen LogP contribution < -0.4 is 15.8 Å². The van der Waals surface area contributed by atoms with Crippen molar-refractivity contribution in [2.24, 2.45) is 0 Å². The molecule has 0 spiro atoms. The number of ether oxygens (including phenoxy) is 1. The average Bonchev–Trinajstić information content (AvgIpc) is 3.35. The summed E-state index contributed by atoms with van der Waals surface area (Å²) in [6, 6.07) is 19.8. The predicted octanol–water partition coefficient (Wildman–Crippen LogP) is 5.37. The van der Waals surface area contributed by atoms with Gasteiger partial charge in [-0.2, -0.15) is 8.78 Å². The number of nitrogens with two attached hydrogens (primary N) is 1. The van der Waals surface area contributed by atoms with E-state index in [0.717, 1.165) is 36.9 Å². The summed E-state index contributed by atoms with van der Waals surface area (Å²) in [6.45, 7) is -2.13. The Bertz CT molecular complexity index is 1270. The second-order valence-electron chi connectivity index (χ2n) is 9.35. The topological polar surface area (TPSA) is 102 Å². The number of nitrogens with one attached hydrogen (secondary N) is 2. The van der Waals surface area contributed by atoms with Gasteiger partial charge in [-0.1, -0.05) is 47.7 Å². The van der Waals surface area contributed by atoms with Gasteiger partial charge in [0.1, 0.15) is 17.1 Å². The second kappa shape index (κ2) is 11.0. The van der Waals surface area contributed by atoms with Crippen molar-refractivity contribution >= 4 is 17.0 Å². The van der Waals surface area contributed by atoms with Crippen LogP contribution in [0.1, 0.15) is 60.6 Å².